The molecule has 0 aromatic rings. The second-order valence-corrected chi connectivity index (χ2v) is 6.99. The van der Waals surface area contributed by atoms with Crippen LogP contribution in [0, 0.1) is 0 Å². The lowest BCUT2D eigenvalue weighted by Gasteiger charge is -2.17. The van der Waals surface area contributed by atoms with Gasteiger partial charge in [0.25, 0.3) is 5.91 Å². The second-order valence-electron chi connectivity index (χ2n) is 4.12. The third-order valence-corrected chi connectivity index (χ3v) is 4.02. The third kappa shape index (κ3) is 2.38. The summed E-state index contributed by atoms with van der Waals surface area (Å²) in [5.41, 5.74) is -1.58. The molecule has 2 atom stereocenters. The highest BCUT2D eigenvalue weighted by Crippen LogP contribution is 2.35. The van der Waals surface area contributed by atoms with Crippen molar-refractivity contribution in [3.63, 3.8) is 0 Å². The topological polar surface area (TPSA) is 84.0 Å². The molecule has 0 N–H and O–H groups in total. The van der Waals surface area contributed by atoms with Gasteiger partial charge in [0.2, 0.25) is 5.44 Å². The maximum absolute atomic E-state index is 11.8. The molecule has 0 aromatic carbocycles. The molecule has 1 rings (SSSR count). The highest BCUT2D eigenvalue weighted by molar-refractivity contribution is 7.91. The minimum Gasteiger partial charge on any atom is -0.329 e. The fourth-order valence-electron chi connectivity index (χ4n) is 1.34. The first-order chi connectivity index (χ1) is 7.49. The van der Waals surface area contributed by atoms with Crippen LogP contribution in [-0.4, -0.2) is 61.0 Å². The lowest BCUT2D eigenvalue weighted by molar-refractivity contribution is -0.151. The Morgan fingerprint density at radius 1 is 1.53 bits per heavy atom. The summed E-state index contributed by atoms with van der Waals surface area (Å²) in [4.78, 5) is 27.5. The molecule has 1 aliphatic heterocycles. The first-order valence-corrected chi connectivity index (χ1v) is 6.93. The van der Waals surface area contributed by atoms with E-state index in [-0.39, 0.29) is 0 Å². The van der Waals surface area contributed by atoms with Crippen molar-refractivity contribution in [3.05, 3.63) is 0 Å². The minimum absolute atomic E-state index is 0.374. The lowest BCUT2D eigenvalue weighted by atomic mass is 10.2. The van der Waals surface area contributed by atoms with Crippen LogP contribution in [0.15, 0.2) is 0 Å². The molecule has 0 saturated carbocycles. The van der Waals surface area contributed by atoms with Gasteiger partial charge in [-0.1, -0.05) is 0 Å². The number of nitrogens with zero attached hydrogens (tertiary/aromatic N) is 2. The van der Waals surface area contributed by atoms with Gasteiger partial charge in [-0.25, -0.2) is 18.0 Å². The molecule has 7 nitrogen and oxygen atoms in total. The normalized spacial score (nSPS) is 29.6. The number of rotatable bonds is 1. The maximum Gasteiger partial charge on any atom is 0.350 e. The van der Waals surface area contributed by atoms with Gasteiger partial charge in [0.15, 0.2) is 14.7 Å². The van der Waals surface area contributed by atoms with E-state index in [0.717, 1.165) is 11.2 Å². The van der Waals surface area contributed by atoms with Crippen molar-refractivity contribution in [1.29, 1.82) is 0 Å². The standard InChI is InChI=1S/C8H13ClN2O5S/c1-8(9)5(12)11(7(13)10(2)3)16-6(8)17(4,14)15/h6H,1-4H3. The van der Waals surface area contributed by atoms with E-state index >= 15 is 0 Å². The first kappa shape index (κ1) is 14.2. The Balaban J connectivity index is 3.14. The van der Waals surface area contributed by atoms with E-state index in [9.17, 15) is 18.0 Å². The molecule has 0 bridgehead atoms. The van der Waals surface area contributed by atoms with Gasteiger partial charge in [-0.3, -0.25) is 4.79 Å². The van der Waals surface area contributed by atoms with Crippen molar-refractivity contribution < 1.29 is 22.8 Å². The van der Waals surface area contributed by atoms with Crippen molar-refractivity contribution in [2.24, 2.45) is 0 Å². The van der Waals surface area contributed by atoms with Crippen molar-refractivity contribution in [1.82, 2.24) is 9.96 Å². The van der Waals surface area contributed by atoms with Crippen LogP contribution >= 0.6 is 11.6 Å². The van der Waals surface area contributed by atoms with Crippen LogP contribution in [0.25, 0.3) is 0 Å². The molecule has 1 fully saturated rings. The summed E-state index contributed by atoms with van der Waals surface area (Å²) in [5.74, 6) is -0.895. The van der Waals surface area contributed by atoms with Crippen molar-refractivity contribution in [2.45, 2.75) is 17.2 Å². The van der Waals surface area contributed by atoms with Crippen molar-refractivity contribution in [3.8, 4) is 0 Å². The van der Waals surface area contributed by atoms with Crippen molar-refractivity contribution >= 4 is 33.4 Å². The van der Waals surface area contributed by atoms with Crippen LogP contribution in [0.3, 0.4) is 0 Å². The van der Waals surface area contributed by atoms with Crippen LogP contribution in [0.1, 0.15) is 6.92 Å². The summed E-state index contributed by atoms with van der Waals surface area (Å²) in [5, 5.41) is 0.374. The van der Waals surface area contributed by atoms with Gasteiger partial charge in [-0.15, -0.1) is 16.7 Å². The molecule has 1 saturated heterocycles. The Morgan fingerprint density at radius 3 is 2.29 bits per heavy atom. The van der Waals surface area contributed by atoms with Gasteiger partial charge in [0.05, 0.1) is 0 Å². The summed E-state index contributed by atoms with van der Waals surface area (Å²) in [7, 11) is -0.920. The molecule has 0 aromatic heterocycles. The van der Waals surface area contributed by atoms with Crippen molar-refractivity contribution in [2.75, 3.05) is 20.4 Å². The zero-order chi connectivity index (χ0) is 13.6. The lowest BCUT2D eigenvalue weighted by Crippen LogP contribution is -2.43. The highest BCUT2D eigenvalue weighted by atomic mass is 35.5. The Kier molecular flexibility index (Phi) is 3.43. The van der Waals surface area contributed by atoms with E-state index in [2.05, 4.69) is 0 Å². The van der Waals surface area contributed by atoms with Gasteiger partial charge in [0, 0.05) is 20.4 Å². The molecule has 0 spiro atoms. The number of urea groups is 1. The molecule has 0 radical (unpaired) electrons. The molecule has 17 heavy (non-hydrogen) atoms. The number of carbonyl (C=O) groups excluding carboxylic acids is 2. The Bertz CT molecular complexity index is 459. The number of carbonyl (C=O) groups is 2. The summed E-state index contributed by atoms with van der Waals surface area (Å²) in [6.07, 6.45) is 0.884. The van der Waals surface area contributed by atoms with E-state index in [1.54, 1.807) is 0 Å². The molecule has 2 unspecified atom stereocenters. The number of halogens is 1. The molecule has 0 aliphatic carbocycles. The fraction of sp³-hybridized carbons (Fsp3) is 0.750. The molecule has 98 valence electrons. The number of imide groups is 1. The second kappa shape index (κ2) is 4.11. The number of sulfone groups is 1. The van der Waals surface area contributed by atoms with E-state index in [0.29, 0.717) is 5.06 Å². The highest BCUT2D eigenvalue weighted by Gasteiger charge is 2.58. The average molecular weight is 285 g/mol. The van der Waals surface area contributed by atoms with Gasteiger partial charge in [-0.05, 0) is 6.92 Å². The van der Waals surface area contributed by atoms with Gasteiger partial charge in [0.1, 0.15) is 0 Å². The van der Waals surface area contributed by atoms with Crippen LogP contribution in [0.5, 0.6) is 0 Å². The Labute approximate surface area is 104 Å². The van der Waals surface area contributed by atoms with Crippen LogP contribution < -0.4 is 0 Å². The quantitative estimate of drug-likeness (QED) is 0.623. The predicted molar refractivity (Wildman–Crippen MR) is 59.9 cm³/mol. The summed E-state index contributed by atoms with van der Waals surface area (Å²) in [6.45, 7) is 1.20. The molecule has 1 aliphatic rings. The summed E-state index contributed by atoms with van der Waals surface area (Å²) < 4.78 is 22.8. The summed E-state index contributed by atoms with van der Waals surface area (Å²) >= 11 is 5.85. The summed E-state index contributed by atoms with van der Waals surface area (Å²) in [6, 6.07) is -0.784. The van der Waals surface area contributed by atoms with E-state index < -0.39 is 32.1 Å². The Hall–Kier alpha value is -0.860. The van der Waals surface area contributed by atoms with E-state index in [4.69, 9.17) is 16.4 Å². The smallest absolute Gasteiger partial charge is 0.329 e. The van der Waals surface area contributed by atoms with E-state index in [1.165, 1.54) is 21.0 Å². The largest absolute Gasteiger partial charge is 0.350 e. The van der Waals surface area contributed by atoms with Crippen LogP contribution in [0.4, 0.5) is 4.79 Å². The van der Waals surface area contributed by atoms with Gasteiger partial charge < -0.3 is 4.90 Å². The zero-order valence-corrected chi connectivity index (χ0v) is 11.4. The number of hydrogen-bond donors (Lipinski definition) is 0. The number of hydroxylamine groups is 2. The van der Waals surface area contributed by atoms with E-state index in [1.807, 2.05) is 0 Å². The fourth-order valence-corrected chi connectivity index (χ4v) is 3.09. The number of alkyl halides is 1. The van der Waals surface area contributed by atoms with Crippen LogP contribution in [-0.2, 0) is 19.5 Å². The van der Waals surface area contributed by atoms with Gasteiger partial charge >= 0.3 is 6.03 Å². The maximum atomic E-state index is 11.8. The molecular formula is C8H13ClN2O5S. The Morgan fingerprint density at radius 2 is 2.00 bits per heavy atom. The average Bonchev–Trinajstić information content (AvgIpc) is 2.37. The third-order valence-electron chi connectivity index (χ3n) is 2.19. The molecular weight excluding hydrogens is 272 g/mol. The minimum atomic E-state index is -3.72. The number of amides is 3. The number of hydrogen-bond acceptors (Lipinski definition) is 5. The molecule has 9 heteroatoms. The predicted octanol–water partition coefficient (Wildman–Crippen LogP) is -0.190. The first-order valence-electron chi connectivity index (χ1n) is 4.60. The monoisotopic (exact) mass is 284 g/mol. The molecule has 1 heterocycles. The SMILES string of the molecule is CN(C)C(=O)N1OC(S(C)(=O)=O)C(C)(Cl)C1=O. The van der Waals surface area contributed by atoms with Gasteiger partial charge in [-0.2, -0.15) is 0 Å². The zero-order valence-electron chi connectivity index (χ0n) is 9.80. The van der Waals surface area contributed by atoms with Crippen LogP contribution in [0.2, 0.25) is 0 Å². The molecule has 3 amide bonds.